The van der Waals surface area contributed by atoms with E-state index in [0.29, 0.717) is 30.4 Å². The Morgan fingerprint density at radius 2 is 2.04 bits per heavy atom. The number of aliphatic hydroxyl groups excluding tert-OH is 2. The van der Waals surface area contributed by atoms with Gasteiger partial charge in [0, 0.05) is 11.8 Å². The molecule has 1 saturated heterocycles. The molecule has 4 bridgehead atoms. The standard InChI is InChI=1S/C19H22O6/c1-8-9-3-5-18(14(8)21)10(7-9)12(15(22)23)13-17(2)11(20)4-6-19(13,18)25-16(17)24/h7,9,11-14,20-21H,1,3-6H2,2H3,(H,22,23). The van der Waals surface area contributed by atoms with Crippen molar-refractivity contribution in [1.29, 1.82) is 0 Å². The van der Waals surface area contributed by atoms with Crippen LogP contribution in [0.5, 0.6) is 0 Å². The molecule has 6 rings (SSSR count). The second kappa shape index (κ2) is 4.18. The van der Waals surface area contributed by atoms with E-state index in [1.807, 2.05) is 6.08 Å². The van der Waals surface area contributed by atoms with Crippen molar-refractivity contribution in [1.82, 2.24) is 0 Å². The maximum absolute atomic E-state index is 12.8. The van der Waals surface area contributed by atoms with Crippen LogP contribution >= 0.6 is 0 Å². The summed E-state index contributed by atoms with van der Waals surface area (Å²) in [4.78, 5) is 25.0. The minimum Gasteiger partial charge on any atom is -0.481 e. The van der Waals surface area contributed by atoms with Gasteiger partial charge in [0.2, 0.25) is 0 Å². The number of aliphatic hydroxyl groups is 2. The van der Waals surface area contributed by atoms with Gasteiger partial charge < -0.3 is 20.1 Å². The van der Waals surface area contributed by atoms with Gasteiger partial charge in [0.05, 0.1) is 29.0 Å². The Morgan fingerprint density at radius 3 is 2.72 bits per heavy atom. The van der Waals surface area contributed by atoms with Gasteiger partial charge in [0.1, 0.15) is 5.60 Å². The fraction of sp³-hybridized carbons (Fsp3) is 0.684. The van der Waals surface area contributed by atoms with E-state index >= 15 is 0 Å². The highest BCUT2D eigenvalue weighted by molar-refractivity contribution is 5.87. The lowest BCUT2D eigenvalue weighted by Crippen LogP contribution is -2.61. The number of fused-ring (bicyclic) bond motifs is 2. The maximum atomic E-state index is 12.8. The normalized spacial score (nSPS) is 55.5. The first-order valence-electron chi connectivity index (χ1n) is 8.95. The molecule has 3 saturated carbocycles. The molecule has 1 heterocycles. The molecule has 0 aromatic rings. The first-order chi connectivity index (χ1) is 11.7. The van der Waals surface area contributed by atoms with Gasteiger partial charge in [-0.1, -0.05) is 12.7 Å². The number of carboxylic acid groups (broad SMARTS) is 1. The third-order valence-electron chi connectivity index (χ3n) is 8.07. The summed E-state index contributed by atoms with van der Waals surface area (Å²) in [5.41, 5.74) is -1.87. The number of allylic oxidation sites excluding steroid dienone is 1. The Labute approximate surface area is 145 Å². The maximum Gasteiger partial charge on any atom is 0.315 e. The van der Waals surface area contributed by atoms with Gasteiger partial charge in [-0.15, -0.1) is 0 Å². The summed E-state index contributed by atoms with van der Waals surface area (Å²) < 4.78 is 5.95. The highest BCUT2D eigenvalue weighted by Gasteiger charge is 2.84. The van der Waals surface area contributed by atoms with E-state index in [2.05, 4.69) is 6.58 Å². The van der Waals surface area contributed by atoms with Crippen LogP contribution in [0, 0.1) is 28.6 Å². The highest BCUT2D eigenvalue weighted by atomic mass is 16.6. The molecule has 3 N–H and O–H groups in total. The van der Waals surface area contributed by atoms with Crippen molar-refractivity contribution in [2.24, 2.45) is 28.6 Å². The molecule has 1 spiro atoms. The number of aliphatic carboxylic acids is 1. The lowest BCUT2D eigenvalue weighted by Gasteiger charge is -2.56. The Bertz CT molecular complexity index is 770. The number of ether oxygens (including phenoxy) is 1. The van der Waals surface area contributed by atoms with E-state index in [-0.39, 0.29) is 5.92 Å². The Morgan fingerprint density at radius 1 is 1.32 bits per heavy atom. The second-order valence-electron chi connectivity index (χ2n) is 8.63. The monoisotopic (exact) mass is 346 g/mol. The number of rotatable bonds is 1. The number of hydrogen-bond donors (Lipinski definition) is 3. The fourth-order valence-electron chi connectivity index (χ4n) is 6.96. The Kier molecular flexibility index (Phi) is 2.60. The van der Waals surface area contributed by atoms with E-state index in [0.717, 1.165) is 6.42 Å². The largest absolute Gasteiger partial charge is 0.481 e. The van der Waals surface area contributed by atoms with Crippen LogP contribution in [0.4, 0.5) is 0 Å². The molecule has 6 aliphatic rings. The fourth-order valence-corrected chi connectivity index (χ4v) is 6.96. The van der Waals surface area contributed by atoms with Gasteiger partial charge in [-0.2, -0.15) is 0 Å². The third kappa shape index (κ3) is 1.30. The van der Waals surface area contributed by atoms with Crippen LogP contribution in [0.2, 0.25) is 0 Å². The minimum atomic E-state index is -1.26. The molecule has 0 aromatic carbocycles. The van der Waals surface area contributed by atoms with Crippen molar-refractivity contribution in [2.75, 3.05) is 0 Å². The van der Waals surface area contributed by atoms with Crippen LogP contribution in [-0.2, 0) is 14.3 Å². The van der Waals surface area contributed by atoms with Crippen LogP contribution < -0.4 is 0 Å². The van der Waals surface area contributed by atoms with Gasteiger partial charge in [-0.05, 0) is 43.8 Å². The molecule has 1 aliphatic heterocycles. The summed E-state index contributed by atoms with van der Waals surface area (Å²) >= 11 is 0. The molecular weight excluding hydrogens is 324 g/mol. The summed E-state index contributed by atoms with van der Waals surface area (Å²) in [5.74, 6) is -3.16. The molecule has 4 fully saturated rings. The molecule has 0 radical (unpaired) electrons. The lowest BCUT2D eigenvalue weighted by molar-refractivity contribution is -0.174. The molecular formula is C19H22O6. The SMILES string of the molecule is C=C1C2C=C3C(C(=O)O)C4C5(C)C(=O)OC4(CCC5O)C3(CC2)C1O. The molecule has 8 unspecified atom stereocenters. The molecule has 6 heteroatoms. The zero-order valence-corrected chi connectivity index (χ0v) is 14.1. The lowest BCUT2D eigenvalue weighted by atomic mass is 9.50. The zero-order chi connectivity index (χ0) is 17.9. The van der Waals surface area contributed by atoms with E-state index in [1.165, 1.54) is 0 Å². The summed E-state index contributed by atoms with van der Waals surface area (Å²) in [6, 6.07) is 0. The van der Waals surface area contributed by atoms with Crippen molar-refractivity contribution in [3.05, 3.63) is 23.8 Å². The number of carbonyl (C=O) groups is 2. The summed E-state index contributed by atoms with van der Waals surface area (Å²) in [7, 11) is 0. The molecule has 8 atom stereocenters. The number of esters is 1. The molecule has 5 aliphatic carbocycles. The Balaban J connectivity index is 1.85. The smallest absolute Gasteiger partial charge is 0.315 e. The summed E-state index contributed by atoms with van der Waals surface area (Å²) in [6.45, 7) is 5.67. The number of carbonyl (C=O) groups excluding carboxylic acids is 1. The van der Waals surface area contributed by atoms with Crippen LogP contribution in [0.15, 0.2) is 23.8 Å². The predicted molar refractivity (Wildman–Crippen MR) is 85.2 cm³/mol. The van der Waals surface area contributed by atoms with Crippen LogP contribution in [0.3, 0.4) is 0 Å². The van der Waals surface area contributed by atoms with Crippen molar-refractivity contribution >= 4 is 11.9 Å². The van der Waals surface area contributed by atoms with Crippen LogP contribution in [0.25, 0.3) is 0 Å². The molecule has 6 nitrogen and oxygen atoms in total. The van der Waals surface area contributed by atoms with E-state index < -0.39 is 52.4 Å². The average Bonchev–Trinajstić information content (AvgIpc) is 2.92. The van der Waals surface area contributed by atoms with E-state index in [4.69, 9.17) is 4.74 Å². The number of hydrogen-bond acceptors (Lipinski definition) is 5. The predicted octanol–water partition coefficient (Wildman–Crippen LogP) is 1.03. The Hall–Kier alpha value is -1.66. The van der Waals surface area contributed by atoms with Gasteiger partial charge in [0.25, 0.3) is 0 Å². The van der Waals surface area contributed by atoms with Gasteiger partial charge >= 0.3 is 11.9 Å². The van der Waals surface area contributed by atoms with Gasteiger partial charge in [-0.3, -0.25) is 9.59 Å². The minimum absolute atomic E-state index is 0.0303. The third-order valence-corrected chi connectivity index (χ3v) is 8.07. The topological polar surface area (TPSA) is 104 Å². The van der Waals surface area contributed by atoms with E-state index in [1.54, 1.807) is 6.92 Å². The van der Waals surface area contributed by atoms with Gasteiger partial charge in [0.15, 0.2) is 0 Å². The van der Waals surface area contributed by atoms with E-state index in [9.17, 15) is 24.9 Å². The van der Waals surface area contributed by atoms with Crippen molar-refractivity contribution in [3.63, 3.8) is 0 Å². The van der Waals surface area contributed by atoms with Crippen molar-refractivity contribution in [2.45, 2.75) is 50.4 Å². The average molecular weight is 346 g/mol. The summed E-state index contributed by atoms with van der Waals surface area (Å²) in [6.07, 6.45) is 2.20. The van der Waals surface area contributed by atoms with Crippen LogP contribution in [-0.4, -0.2) is 45.1 Å². The van der Waals surface area contributed by atoms with Crippen molar-refractivity contribution < 1.29 is 29.6 Å². The van der Waals surface area contributed by atoms with Crippen LogP contribution in [0.1, 0.15) is 32.6 Å². The van der Waals surface area contributed by atoms with Crippen molar-refractivity contribution in [3.8, 4) is 0 Å². The number of carboxylic acids is 1. The zero-order valence-electron chi connectivity index (χ0n) is 14.1. The quantitative estimate of drug-likeness (QED) is 0.484. The second-order valence-corrected chi connectivity index (χ2v) is 8.63. The molecule has 0 aromatic heterocycles. The highest BCUT2D eigenvalue weighted by Crippen LogP contribution is 2.77. The molecule has 0 amide bonds. The summed E-state index contributed by atoms with van der Waals surface area (Å²) in [5, 5.41) is 31.7. The first kappa shape index (κ1) is 15.6. The molecule has 25 heavy (non-hydrogen) atoms. The van der Waals surface area contributed by atoms with Gasteiger partial charge in [-0.25, -0.2) is 0 Å². The first-order valence-corrected chi connectivity index (χ1v) is 8.95. The molecule has 134 valence electrons.